The Morgan fingerprint density at radius 3 is 1.62 bits per heavy atom. The Morgan fingerprint density at radius 1 is 0.795 bits per heavy atom. The average Bonchev–Trinajstić information content (AvgIpc) is 2.85. The van der Waals surface area contributed by atoms with Gasteiger partial charge in [0.25, 0.3) is 0 Å². The standard InChI is InChI=1S/C22H40N2O4.C10H22O/c1-17-15-19(11-13-23-17)27-21(25)9-7-5-3-4-6-8-10-22(26)28-20-12-14-24-18(2)16-20;1-9(8-11)6-5-7-10(2,3)4/h17-20,23-24H,3-16H2,1-2H3;9,11H,5-8H2,1-4H3. The van der Waals surface area contributed by atoms with Crippen LogP contribution in [0.1, 0.15) is 138 Å². The van der Waals surface area contributed by atoms with Gasteiger partial charge in [0.05, 0.1) is 0 Å². The molecule has 7 heteroatoms. The highest BCUT2D eigenvalue weighted by Crippen LogP contribution is 2.23. The van der Waals surface area contributed by atoms with Crippen LogP contribution in [0.3, 0.4) is 0 Å². The molecule has 0 radical (unpaired) electrons. The monoisotopic (exact) mass is 554 g/mol. The Kier molecular flexibility index (Phi) is 19.0. The van der Waals surface area contributed by atoms with Crippen molar-refractivity contribution in [2.24, 2.45) is 11.3 Å². The molecule has 3 N–H and O–H groups in total. The van der Waals surface area contributed by atoms with E-state index in [4.69, 9.17) is 14.6 Å². The number of carbonyl (C=O) groups is 2. The number of aliphatic hydroxyl groups excluding tert-OH is 1. The molecule has 2 saturated heterocycles. The van der Waals surface area contributed by atoms with Crippen molar-refractivity contribution < 1.29 is 24.2 Å². The first-order chi connectivity index (χ1) is 18.5. The van der Waals surface area contributed by atoms with Gasteiger partial charge in [0, 0.05) is 31.5 Å². The number of carbonyl (C=O) groups excluding carboxylic acids is 2. The van der Waals surface area contributed by atoms with Gasteiger partial charge in [-0.25, -0.2) is 0 Å². The third-order valence-electron chi connectivity index (χ3n) is 7.69. The summed E-state index contributed by atoms with van der Waals surface area (Å²) in [5, 5.41) is 15.5. The Labute approximate surface area is 239 Å². The molecule has 230 valence electrons. The molecule has 0 aromatic carbocycles. The van der Waals surface area contributed by atoms with Gasteiger partial charge in [0.1, 0.15) is 12.2 Å². The summed E-state index contributed by atoms with van der Waals surface area (Å²) >= 11 is 0. The van der Waals surface area contributed by atoms with Crippen molar-refractivity contribution in [3.05, 3.63) is 0 Å². The van der Waals surface area contributed by atoms with E-state index in [-0.39, 0.29) is 24.1 Å². The molecule has 2 fully saturated rings. The predicted octanol–water partition coefficient (Wildman–Crippen LogP) is 6.31. The zero-order valence-electron chi connectivity index (χ0n) is 26.2. The molecule has 2 aliphatic rings. The van der Waals surface area contributed by atoms with Crippen LogP contribution in [0.4, 0.5) is 0 Å². The van der Waals surface area contributed by atoms with Crippen LogP contribution >= 0.6 is 0 Å². The highest BCUT2D eigenvalue weighted by Gasteiger charge is 2.22. The quantitative estimate of drug-likeness (QED) is 0.161. The van der Waals surface area contributed by atoms with Gasteiger partial charge in [-0.05, 0) is 89.6 Å². The van der Waals surface area contributed by atoms with Gasteiger partial charge in [0.15, 0.2) is 0 Å². The maximum atomic E-state index is 11.9. The second-order valence-corrected chi connectivity index (χ2v) is 13.3. The molecule has 0 aliphatic carbocycles. The lowest BCUT2D eigenvalue weighted by atomic mass is 9.88. The molecule has 7 nitrogen and oxygen atoms in total. The molecule has 0 aromatic heterocycles. The number of nitrogens with one attached hydrogen (secondary N) is 2. The van der Waals surface area contributed by atoms with Crippen LogP contribution < -0.4 is 10.6 Å². The molecule has 2 heterocycles. The molecule has 39 heavy (non-hydrogen) atoms. The Bertz CT molecular complexity index is 609. The first kappa shape index (κ1) is 35.8. The molecule has 0 amide bonds. The average molecular weight is 555 g/mol. The SMILES string of the molecule is CC(CO)CCCC(C)(C)C.CC1CC(OC(=O)CCCCCCCCC(=O)OC2CCNC(C)C2)CCN1. The summed E-state index contributed by atoms with van der Waals surface area (Å²) in [6.07, 6.45) is 14.7. The van der Waals surface area contributed by atoms with Crippen molar-refractivity contribution >= 4 is 11.9 Å². The summed E-state index contributed by atoms with van der Waals surface area (Å²) in [4.78, 5) is 23.8. The van der Waals surface area contributed by atoms with E-state index in [9.17, 15) is 9.59 Å². The van der Waals surface area contributed by atoms with E-state index in [1.54, 1.807) is 0 Å². The van der Waals surface area contributed by atoms with Crippen LogP contribution in [-0.2, 0) is 19.1 Å². The van der Waals surface area contributed by atoms with E-state index < -0.39 is 0 Å². The topological polar surface area (TPSA) is 96.9 Å². The first-order valence-electron chi connectivity index (χ1n) is 15.9. The summed E-state index contributed by atoms with van der Waals surface area (Å²) in [6.45, 7) is 15.4. The normalized spacial score (nSPS) is 24.3. The highest BCUT2D eigenvalue weighted by molar-refractivity contribution is 5.69. The molecule has 0 bridgehead atoms. The van der Waals surface area contributed by atoms with Crippen LogP contribution in [0, 0.1) is 11.3 Å². The van der Waals surface area contributed by atoms with Crippen molar-refractivity contribution in [2.45, 2.75) is 162 Å². The van der Waals surface area contributed by atoms with Crippen molar-refractivity contribution in [2.75, 3.05) is 19.7 Å². The van der Waals surface area contributed by atoms with Crippen molar-refractivity contribution in [1.29, 1.82) is 0 Å². The maximum absolute atomic E-state index is 11.9. The van der Waals surface area contributed by atoms with E-state index in [1.165, 1.54) is 12.8 Å². The van der Waals surface area contributed by atoms with Crippen LogP contribution in [0.2, 0.25) is 0 Å². The van der Waals surface area contributed by atoms with E-state index in [0.29, 0.717) is 42.9 Å². The Hall–Kier alpha value is -1.18. The number of hydrogen-bond acceptors (Lipinski definition) is 7. The van der Waals surface area contributed by atoms with E-state index in [2.05, 4.69) is 52.2 Å². The van der Waals surface area contributed by atoms with E-state index in [0.717, 1.165) is 83.7 Å². The smallest absolute Gasteiger partial charge is 0.306 e. The van der Waals surface area contributed by atoms with Gasteiger partial charge in [-0.2, -0.15) is 0 Å². The number of hydrogen-bond donors (Lipinski definition) is 3. The molecular weight excluding hydrogens is 492 g/mol. The minimum atomic E-state index is -0.0472. The summed E-state index contributed by atoms with van der Waals surface area (Å²) in [7, 11) is 0. The second kappa shape index (κ2) is 20.7. The molecule has 2 rings (SSSR count). The van der Waals surface area contributed by atoms with Crippen molar-refractivity contribution in [3.8, 4) is 0 Å². The van der Waals surface area contributed by atoms with Gasteiger partial charge in [-0.3, -0.25) is 9.59 Å². The van der Waals surface area contributed by atoms with Gasteiger partial charge in [-0.1, -0.05) is 59.8 Å². The minimum Gasteiger partial charge on any atom is -0.462 e. The number of ether oxygens (including phenoxy) is 2. The number of esters is 2. The van der Waals surface area contributed by atoms with E-state index in [1.807, 2.05) is 0 Å². The van der Waals surface area contributed by atoms with E-state index >= 15 is 0 Å². The molecule has 0 aromatic rings. The highest BCUT2D eigenvalue weighted by atomic mass is 16.5. The zero-order valence-corrected chi connectivity index (χ0v) is 26.2. The summed E-state index contributed by atoms with van der Waals surface area (Å²) in [5.74, 6) is 0.389. The minimum absolute atomic E-state index is 0.0472. The lowest BCUT2D eigenvalue weighted by Gasteiger charge is -2.27. The number of rotatable bonds is 15. The van der Waals surface area contributed by atoms with Gasteiger partial charge >= 0.3 is 11.9 Å². The predicted molar refractivity (Wildman–Crippen MR) is 160 cm³/mol. The fourth-order valence-electron chi connectivity index (χ4n) is 5.19. The zero-order chi connectivity index (χ0) is 29.1. The molecule has 2 aliphatic heterocycles. The largest absolute Gasteiger partial charge is 0.462 e. The van der Waals surface area contributed by atoms with Crippen LogP contribution in [0.5, 0.6) is 0 Å². The molecule has 5 unspecified atom stereocenters. The fourth-order valence-corrected chi connectivity index (χ4v) is 5.19. The third-order valence-corrected chi connectivity index (χ3v) is 7.69. The Balaban J connectivity index is 0.000000584. The summed E-state index contributed by atoms with van der Waals surface area (Å²) in [6, 6.07) is 0.874. The third kappa shape index (κ3) is 20.4. The molecular formula is C32H62N2O5. The number of aliphatic hydroxyl groups is 1. The van der Waals surface area contributed by atoms with Crippen LogP contribution in [-0.4, -0.2) is 61.0 Å². The van der Waals surface area contributed by atoms with Crippen molar-refractivity contribution in [3.63, 3.8) is 0 Å². The van der Waals surface area contributed by atoms with Crippen molar-refractivity contribution in [1.82, 2.24) is 10.6 Å². The van der Waals surface area contributed by atoms with Gasteiger partial charge < -0.3 is 25.2 Å². The molecule has 5 atom stereocenters. The van der Waals surface area contributed by atoms with Gasteiger partial charge in [0.2, 0.25) is 0 Å². The lowest BCUT2D eigenvalue weighted by molar-refractivity contribution is -0.151. The maximum Gasteiger partial charge on any atom is 0.306 e. The molecule has 0 spiro atoms. The van der Waals surface area contributed by atoms with Crippen LogP contribution in [0.15, 0.2) is 0 Å². The summed E-state index contributed by atoms with van der Waals surface area (Å²) < 4.78 is 11.1. The summed E-state index contributed by atoms with van der Waals surface area (Å²) in [5.41, 5.74) is 0.454. The van der Waals surface area contributed by atoms with Crippen LogP contribution in [0.25, 0.3) is 0 Å². The second-order valence-electron chi connectivity index (χ2n) is 13.3. The first-order valence-corrected chi connectivity index (χ1v) is 15.9. The lowest BCUT2D eigenvalue weighted by Crippen LogP contribution is -2.40. The fraction of sp³-hybridized carbons (Fsp3) is 0.938. The molecule has 0 saturated carbocycles. The number of unbranched alkanes of at least 4 members (excludes halogenated alkanes) is 5. The Morgan fingerprint density at radius 2 is 1.23 bits per heavy atom. The van der Waals surface area contributed by atoms with Gasteiger partial charge in [-0.15, -0.1) is 0 Å². The number of piperidine rings is 2.